The van der Waals surface area contributed by atoms with Gasteiger partial charge in [0.25, 0.3) is 5.91 Å². The summed E-state index contributed by atoms with van der Waals surface area (Å²) in [5, 5.41) is 6.27. The standard InChI is InChI=1S/C21H23N3OS2/c25-21(20-12-22-14-27-20)24(13-18-19(26)8-10-23-18)11-9-16-6-3-5-15-4-1-2-7-17(15)16/h1-7,12,14,18-19,23,26H,8-11,13H2/t18-,19-/m0/s1. The number of nitrogens with zero attached hydrogens (tertiary/aromatic N) is 2. The van der Waals surface area contributed by atoms with Crippen LogP contribution in [0.3, 0.4) is 0 Å². The van der Waals surface area contributed by atoms with E-state index < -0.39 is 0 Å². The van der Waals surface area contributed by atoms with Gasteiger partial charge in [0.15, 0.2) is 0 Å². The smallest absolute Gasteiger partial charge is 0.265 e. The Kier molecular flexibility index (Phi) is 5.76. The molecule has 1 aliphatic rings. The van der Waals surface area contributed by atoms with E-state index in [1.807, 2.05) is 4.90 Å². The third kappa shape index (κ3) is 4.18. The van der Waals surface area contributed by atoms with Gasteiger partial charge in [0.05, 0.1) is 11.7 Å². The zero-order chi connectivity index (χ0) is 18.6. The molecule has 1 N–H and O–H groups in total. The van der Waals surface area contributed by atoms with Crippen molar-refractivity contribution in [2.24, 2.45) is 0 Å². The van der Waals surface area contributed by atoms with Crippen molar-refractivity contribution >= 4 is 40.6 Å². The Balaban J connectivity index is 1.54. The Morgan fingerprint density at radius 3 is 2.89 bits per heavy atom. The van der Waals surface area contributed by atoms with Crippen molar-refractivity contribution in [1.29, 1.82) is 0 Å². The Labute approximate surface area is 169 Å². The maximum Gasteiger partial charge on any atom is 0.265 e. The topological polar surface area (TPSA) is 45.2 Å². The first kappa shape index (κ1) is 18.5. The number of nitrogens with one attached hydrogen (secondary N) is 1. The van der Waals surface area contributed by atoms with E-state index in [1.54, 1.807) is 11.7 Å². The molecule has 0 unspecified atom stereocenters. The van der Waals surface area contributed by atoms with Crippen LogP contribution in [0.5, 0.6) is 0 Å². The van der Waals surface area contributed by atoms with E-state index in [0.29, 0.717) is 23.2 Å². The van der Waals surface area contributed by atoms with Crippen molar-refractivity contribution in [2.75, 3.05) is 19.6 Å². The molecule has 3 aromatic rings. The molecule has 27 heavy (non-hydrogen) atoms. The highest BCUT2D eigenvalue weighted by molar-refractivity contribution is 7.81. The molecule has 2 aromatic carbocycles. The van der Waals surface area contributed by atoms with Gasteiger partial charge in [-0.3, -0.25) is 9.78 Å². The van der Waals surface area contributed by atoms with Crippen LogP contribution in [-0.4, -0.2) is 46.7 Å². The number of carbonyl (C=O) groups is 1. The summed E-state index contributed by atoms with van der Waals surface area (Å²) in [7, 11) is 0. The molecule has 4 rings (SSSR count). The normalized spacial score (nSPS) is 19.4. The predicted molar refractivity (Wildman–Crippen MR) is 115 cm³/mol. The van der Waals surface area contributed by atoms with Crippen molar-refractivity contribution in [3.63, 3.8) is 0 Å². The van der Waals surface area contributed by atoms with E-state index in [1.165, 1.54) is 27.7 Å². The van der Waals surface area contributed by atoms with Crippen LogP contribution in [0.1, 0.15) is 21.7 Å². The molecule has 1 amide bonds. The minimum Gasteiger partial charge on any atom is -0.336 e. The lowest BCUT2D eigenvalue weighted by Crippen LogP contribution is -2.44. The van der Waals surface area contributed by atoms with Gasteiger partial charge in [-0.05, 0) is 35.7 Å². The fraction of sp³-hybridized carbons (Fsp3) is 0.333. The molecular formula is C21H23N3OS2. The van der Waals surface area contributed by atoms with Gasteiger partial charge >= 0.3 is 0 Å². The van der Waals surface area contributed by atoms with Crippen molar-refractivity contribution in [1.82, 2.24) is 15.2 Å². The fourth-order valence-corrected chi connectivity index (χ4v) is 4.61. The van der Waals surface area contributed by atoms with E-state index in [2.05, 4.69) is 65.4 Å². The second-order valence-electron chi connectivity index (χ2n) is 6.92. The third-order valence-electron chi connectivity index (χ3n) is 5.19. The predicted octanol–water partition coefficient (Wildman–Crippen LogP) is 3.64. The summed E-state index contributed by atoms with van der Waals surface area (Å²) >= 11 is 6.08. The van der Waals surface area contributed by atoms with Gasteiger partial charge in [-0.15, -0.1) is 11.3 Å². The molecule has 6 heteroatoms. The highest BCUT2D eigenvalue weighted by atomic mass is 32.1. The molecule has 1 aromatic heterocycles. The first-order chi connectivity index (χ1) is 13.2. The van der Waals surface area contributed by atoms with E-state index in [-0.39, 0.29) is 11.9 Å². The lowest BCUT2D eigenvalue weighted by Gasteiger charge is -2.27. The lowest BCUT2D eigenvalue weighted by atomic mass is 10.0. The number of hydrogen-bond donors (Lipinski definition) is 2. The highest BCUT2D eigenvalue weighted by Gasteiger charge is 2.28. The van der Waals surface area contributed by atoms with Gasteiger partial charge in [0.2, 0.25) is 0 Å². The molecule has 1 fully saturated rings. The quantitative estimate of drug-likeness (QED) is 0.624. The van der Waals surface area contributed by atoms with Gasteiger partial charge in [-0.25, -0.2) is 0 Å². The molecule has 0 bridgehead atoms. The SMILES string of the molecule is O=C(c1cncs1)N(CCc1cccc2ccccc12)C[C@@H]1NCC[C@@H]1S. The van der Waals surface area contributed by atoms with Gasteiger partial charge in [0, 0.05) is 24.4 Å². The van der Waals surface area contributed by atoms with Crippen LogP contribution in [0.15, 0.2) is 54.2 Å². The molecule has 1 aliphatic heterocycles. The van der Waals surface area contributed by atoms with E-state index in [4.69, 9.17) is 0 Å². The lowest BCUT2D eigenvalue weighted by molar-refractivity contribution is 0.0749. The first-order valence-corrected chi connectivity index (χ1v) is 10.7. The zero-order valence-electron chi connectivity index (χ0n) is 15.0. The van der Waals surface area contributed by atoms with Gasteiger partial charge < -0.3 is 10.2 Å². The fourth-order valence-electron chi connectivity index (χ4n) is 3.70. The van der Waals surface area contributed by atoms with Gasteiger partial charge in [-0.1, -0.05) is 42.5 Å². The number of rotatable bonds is 6. The van der Waals surface area contributed by atoms with E-state index in [0.717, 1.165) is 19.4 Å². The van der Waals surface area contributed by atoms with Crippen LogP contribution in [0, 0.1) is 0 Å². The monoisotopic (exact) mass is 397 g/mol. The number of fused-ring (bicyclic) bond motifs is 1. The van der Waals surface area contributed by atoms with Gasteiger partial charge in [0.1, 0.15) is 4.88 Å². The summed E-state index contributed by atoms with van der Waals surface area (Å²) < 4.78 is 0. The zero-order valence-corrected chi connectivity index (χ0v) is 16.8. The molecule has 2 atom stereocenters. The third-order valence-corrected chi connectivity index (χ3v) is 6.57. The molecule has 0 saturated carbocycles. The van der Waals surface area contributed by atoms with Crippen molar-refractivity contribution in [3.05, 3.63) is 64.6 Å². The highest BCUT2D eigenvalue weighted by Crippen LogP contribution is 2.21. The molecule has 0 radical (unpaired) electrons. The second-order valence-corrected chi connectivity index (χ2v) is 8.47. The molecule has 1 saturated heterocycles. The number of thiazole rings is 1. The molecular weight excluding hydrogens is 374 g/mol. The molecule has 0 spiro atoms. The summed E-state index contributed by atoms with van der Waals surface area (Å²) in [4.78, 5) is 19.8. The Bertz CT molecular complexity index is 907. The Hall–Kier alpha value is -1.89. The number of benzene rings is 2. The number of aromatic nitrogens is 1. The molecule has 2 heterocycles. The summed E-state index contributed by atoms with van der Waals surface area (Å²) in [6.45, 7) is 2.32. The van der Waals surface area contributed by atoms with Crippen LogP contribution in [-0.2, 0) is 6.42 Å². The Morgan fingerprint density at radius 1 is 1.26 bits per heavy atom. The van der Waals surface area contributed by atoms with Gasteiger partial charge in [-0.2, -0.15) is 12.6 Å². The molecule has 0 aliphatic carbocycles. The average molecular weight is 398 g/mol. The number of amides is 1. The van der Waals surface area contributed by atoms with Crippen LogP contribution in [0.2, 0.25) is 0 Å². The number of carbonyl (C=O) groups excluding carboxylic acids is 1. The maximum atomic E-state index is 13.0. The van der Waals surface area contributed by atoms with Crippen molar-refractivity contribution in [3.8, 4) is 0 Å². The molecule has 140 valence electrons. The maximum absolute atomic E-state index is 13.0. The summed E-state index contributed by atoms with van der Waals surface area (Å²) in [6, 6.07) is 15.0. The van der Waals surface area contributed by atoms with Crippen LogP contribution < -0.4 is 5.32 Å². The van der Waals surface area contributed by atoms with Crippen LogP contribution in [0.4, 0.5) is 0 Å². The van der Waals surface area contributed by atoms with E-state index >= 15 is 0 Å². The van der Waals surface area contributed by atoms with Crippen LogP contribution >= 0.6 is 24.0 Å². The van der Waals surface area contributed by atoms with Crippen LogP contribution in [0.25, 0.3) is 10.8 Å². The summed E-state index contributed by atoms with van der Waals surface area (Å²) in [5.74, 6) is 0.0620. The van der Waals surface area contributed by atoms with Crippen molar-refractivity contribution < 1.29 is 4.79 Å². The first-order valence-electron chi connectivity index (χ1n) is 9.28. The summed E-state index contributed by atoms with van der Waals surface area (Å²) in [6.07, 6.45) is 3.54. The minimum atomic E-state index is 0.0620. The van der Waals surface area contributed by atoms with Crippen molar-refractivity contribution in [2.45, 2.75) is 24.1 Å². The van der Waals surface area contributed by atoms with E-state index in [9.17, 15) is 4.79 Å². The average Bonchev–Trinajstić information content (AvgIpc) is 3.37. The minimum absolute atomic E-state index is 0.0620. The largest absolute Gasteiger partial charge is 0.336 e. The number of hydrogen-bond acceptors (Lipinski definition) is 5. The second kappa shape index (κ2) is 8.42. The summed E-state index contributed by atoms with van der Waals surface area (Å²) in [5.41, 5.74) is 2.99. The Morgan fingerprint density at radius 2 is 2.11 bits per heavy atom. The molecule has 4 nitrogen and oxygen atoms in total. The number of thiol groups is 1.